The third-order valence-corrected chi connectivity index (χ3v) is 5.54. The van der Waals surface area contributed by atoms with E-state index in [0.29, 0.717) is 26.3 Å². The lowest BCUT2D eigenvalue weighted by molar-refractivity contribution is -0.116. The highest BCUT2D eigenvalue weighted by atomic mass is 35.5. The molecule has 0 aliphatic heterocycles. The van der Waals surface area contributed by atoms with Crippen LogP contribution in [0.15, 0.2) is 42.5 Å². The van der Waals surface area contributed by atoms with Crippen LogP contribution in [0, 0.1) is 0 Å². The molecule has 2 aromatic rings. The molecule has 0 aromatic heterocycles. The smallest absolute Gasteiger partial charge is 0.239 e. The second-order valence-electron chi connectivity index (χ2n) is 5.31. The molecule has 0 heterocycles. The molecule has 0 unspecified atom stereocenters. The highest BCUT2D eigenvalue weighted by molar-refractivity contribution is 7.88. The molecule has 0 aliphatic rings. The van der Waals surface area contributed by atoms with Gasteiger partial charge < -0.3 is 5.32 Å². The molecule has 0 radical (unpaired) electrons. The molecule has 0 aliphatic carbocycles. The SMILES string of the molecule is CS(=O)(=O)N(CC(=O)Nc1ccccc1Cl)Cc1ccc(Cl)c(Cl)c1. The second-order valence-corrected chi connectivity index (χ2v) is 8.51. The van der Waals surface area contributed by atoms with Crippen molar-refractivity contribution in [2.75, 3.05) is 18.1 Å². The van der Waals surface area contributed by atoms with E-state index in [1.807, 2.05) is 0 Å². The van der Waals surface area contributed by atoms with E-state index in [0.717, 1.165) is 10.6 Å². The third-order valence-electron chi connectivity index (χ3n) is 3.28. The van der Waals surface area contributed by atoms with Gasteiger partial charge in [0.05, 0.1) is 33.6 Å². The van der Waals surface area contributed by atoms with Crippen molar-refractivity contribution in [3.8, 4) is 0 Å². The lowest BCUT2D eigenvalue weighted by Crippen LogP contribution is -2.36. The Hall–Kier alpha value is -1.31. The molecule has 0 fully saturated rings. The van der Waals surface area contributed by atoms with Gasteiger partial charge in [0.2, 0.25) is 15.9 Å². The molecule has 0 saturated carbocycles. The number of carbonyl (C=O) groups excluding carboxylic acids is 1. The van der Waals surface area contributed by atoms with Crippen LogP contribution in [0.4, 0.5) is 5.69 Å². The van der Waals surface area contributed by atoms with E-state index >= 15 is 0 Å². The summed E-state index contributed by atoms with van der Waals surface area (Å²) in [5.41, 5.74) is 1.03. The van der Waals surface area contributed by atoms with Crippen LogP contribution in [0.1, 0.15) is 5.56 Å². The second kappa shape index (κ2) is 8.38. The minimum Gasteiger partial charge on any atom is -0.324 e. The van der Waals surface area contributed by atoms with E-state index in [2.05, 4.69) is 5.32 Å². The van der Waals surface area contributed by atoms with Gasteiger partial charge in [-0.2, -0.15) is 4.31 Å². The minimum absolute atomic E-state index is 0.00827. The first-order valence-corrected chi connectivity index (χ1v) is 10.1. The topological polar surface area (TPSA) is 66.5 Å². The van der Waals surface area contributed by atoms with Gasteiger partial charge in [0.15, 0.2) is 0 Å². The molecule has 0 saturated heterocycles. The standard InChI is InChI=1S/C16H15Cl3N2O3S/c1-25(23,24)21(9-11-6-7-12(17)14(19)8-11)10-16(22)20-15-5-3-2-4-13(15)18/h2-8H,9-10H2,1H3,(H,20,22). The monoisotopic (exact) mass is 420 g/mol. The fraction of sp³-hybridized carbons (Fsp3) is 0.188. The van der Waals surface area contributed by atoms with Gasteiger partial charge >= 0.3 is 0 Å². The highest BCUT2D eigenvalue weighted by Crippen LogP contribution is 2.24. The molecule has 9 heteroatoms. The summed E-state index contributed by atoms with van der Waals surface area (Å²) >= 11 is 17.8. The van der Waals surface area contributed by atoms with Gasteiger partial charge in [-0.3, -0.25) is 4.79 Å². The van der Waals surface area contributed by atoms with Crippen molar-refractivity contribution in [3.05, 3.63) is 63.1 Å². The lowest BCUT2D eigenvalue weighted by atomic mass is 10.2. The molecular weight excluding hydrogens is 407 g/mol. The quantitative estimate of drug-likeness (QED) is 0.765. The van der Waals surface area contributed by atoms with Crippen LogP contribution >= 0.6 is 34.8 Å². The van der Waals surface area contributed by atoms with Gasteiger partial charge in [-0.15, -0.1) is 0 Å². The van der Waals surface area contributed by atoms with E-state index in [1.54, 1.807) is 42.5 Å². The fourth-order valence-electron chi connectivity index (χ4n) is 2.04. The normalized spacial score (nSPS) is 11.6. The Morgan fingerprint density at radius 2 is 1.72 bits per heavy atom. The number of hydrogen-bond acceptors (Lipinski definition) is 3. The Labute approximate surface area is 161 Å². The number of nitrogens with zero attached hydrogens (tertiary/aromatic N) is 1. The van der Waals surface area contributed by atoms with Gasteiger partial charge in [-0.05, 0) is 29.8 Å². The number of anilines is 1. The number of hydrogen-bond donors (Lipinski definition) is 1. The van der Waals surface area contributed by atoms with Crippen LogP contribution in [-0.4, -0.2) is 31.4 Å². The van der Waals surface area contributed by atoms with E-state index < -0.39 is 15.9 Å². The molecule has 2 rings (SSSR count). The molecule has 25 heavy (non-hydrogen) atoms. The molecule has 1 N–H and O–H groups in total. The van der Waals surface area contributed by atoms with Crippen LogP contribution < -0.4 is 5.32 Å². The van der Waals surface area contributed by atoms with Gasteiger partial charge in [0.1, 0.15) is 0 Å². The van der Waals surface area contributed by atoms with Crippen molar-refractivity contribution in [1.82, 2.24) is 4.31 Å². The number of carbonyl (C=O) groups is 1. The molecule has 0 atom stereocenters. The Morgan fingerprint density at radius 3 is 2.32 bits per heavy atom. The summed E-state index contributed by atoms with van der Waals surface area (Å²) < 4.78 is 25.0. The van der Waals surface area contributed by atoms with Gasteiger partial charge in [-0.25, -0.2) is 8.42 Å². The number of halogens is 3. The summed E-state index contributed by atoms with van der Waals surface area (Å²) in [6.07, 6.45) is 1.04. The zero-order chi connectivity index (χ0) is 18.6. The number of benzene rings is 2. The molecule has 0 bridgehead atoms. The Balaban J connectivity index is 2.14. The van der Waals surface area contributed by atoms with Gasteiger partial charge in [0, 0.05) is 6.54 Å². The van der Waals surface area contributed by atoms with E-state index in [4.69, 9.17) is 34.8 Å². The van der Waals surface area contributed by atoms with E-state index in [-0.39, 0.29) is 13.1 Å². The lowest BCUT2D eigenvalue weighted by Gasteiger charge is -2.20. The van der Waals surface area contributed by atoms with Crippen molar-refractivity contribution in [2.45, 2.75) is 6.54 Å². The largest absolute Gasteiger partial charge is 0.324 e. The first-order valence-electron chi connectivity index (χ1n) is 7.10. The maximum atomic E-state index is 12.2. The predicted molar refractivity (Wildman–Crippen MR) is 102 cm³/mol. The van der Waals surface area contributed by atoms with Crippen molar-refractivity contribution in [1.29, 1.82) is 0 Å². The zero-order valence-electron chi connectivity index (χ0n) is 13.2. The molecular formula is C16H15Cl3N2O3S. The third kappa shape index (κ3) is 5.87. The summed E-state index contributed by atoms with van der Waals surface area (Å²) in [6, 6.07) is 11.5. The summed E-state index contributed by atoms with van der Waals surface area (Å²) in [5, 5.41) is 3.64. The maximum absolute atomic E-state index is 12.2. The van der Waals surface area contributed by atoms with Crippen LogP contribution in [0.25, 0.3) is 0 Å². The molecule has 0 spiro atoms. The van der Waals surface area contributed by atoms with Gasteiger partial charge in [-0.1, -0.05) is 53.0 Å². The maximum Gasteiger partial charge on any atom is 0.239 e. The predicted octanol–water partition coefficient (Wildman–Crippen LogP) is 4.05. The van der Waals surface area contributed by atoms with Crippen molar-refractivity contribution >= 4 is 56.4 Å². The fourth-order valence-corrected chi connectivity index (χ4v) is 3.28. The number of sulfonamides is 1. The van der Waals surface area contributed by atoms with Crippen LogP contribution in [0.5, 0.6) is 0 Å². The summed E-state index contributed by atoms with van der Waals surface area (Å²) in [5.74, 6) is -0.501. The average molecular weight is 422 g/mol. The van der Waals surface area contributed by atoms with Crippen LogP contribution in [-0.2, 0) is 21.4 Å². The number of nitrogens with one attached hydrogen (secondary N) is 1. The molecule has 134 valence electrons. The molecule has 1 amide bonds. The molecule has 2 aromatic carbocycles. The van der Waals surface area contributed by atoms with Crippen molar-refractivity contribution in [2.24, 2.45) is 0 Å². The van der Waals surface area contributed by atoms with Crippen molar-refractivity contribution in [3.63, 3.8) is 0 Å². The van der Waals surface area contributed by atoms with Crippen LogP contribution in [0.2, 0.25) is 15.1 Å². The Bertz CT molecular complexity index is 888. The van der Waals surface area contributed by atoms with E-state index in [1.165, 1.54) is 0 Å². The molecule has 5 nitrogen and oxygen atoms in total. The zero-order valence-corrected chi connectivity index (χ0v) is 16.3. The Kier molecular flexibility index (Phi) is 6.71. The summed E-state index contributed by atoms with van der Waals surface area (Å²) in [7, 11) is -3.62. The number of rotatable bonds is 6. The summed E-state index contributed by atoms with van der Waals surface area (Å²) in [4.78, 5) is 12.2. The number of amides is 1. The van der Waals surface area contributed by atoms with E-state index in [9.17, 15) is 13.2 Å². The highest BCUT2D eigenvalue weighted by Gasteiger charge is 2.21. The van der Waals surface area contributed by atoms with Gasteiger partial charge in [0.25, 0.3) is 0 Å². The number of para-hydroxylation sites is 1. The Morgan fingerprint density at radius 1 is 1.04 bits per heavy atom. The summed E-state index contributed by atoms with van der Waals surface area (Å²) in [6.45, 7) is -0.365. The average Bonchev–Trinajstić information content (AvgIpc) is 2.51. The van der Waals surface area contributed by atoms with Crippen LogP contribution in [0.3, 0.4) is 0 Å². The minimum atomic E-state index is -3.62. The van der Waals surface area contributed by atoms with Crippen molar-refractivity contribution < 1.29 is 13.2 Å². The first kappa shape index (κ1) is 20.0. The first-order chi connectivity index (χ1) is 11.7.